The van der Waals surface area contributed by atoms with Crippen LogP contribution < -0.4 is 28.7 Å². The Morgan fingerprint density at radius 3 is 0.895 bits per heavy atom. The Morgan fingerprint density at radius 2 is 0.632 bits per heavy atom. The Kier molecular flexibility index (Phi) is 11.5. The summed E-state index contributed by atoms with van der Waals surface area (Å²) in [5, 5.41) is 11.9. The van der Waals surface area contributed by atoms with Crippen LogP contribution >= 0.6 is 0 Å². The molecule has 8 aromatic carbocycles. The summed E-state index contributed by atoms with van der Waals surface area (Å²) in [5.41, 5.74) is 8.18. The first kappa shape index (κ1) is 37.9. The van der Waals surface area contributed by atoms with Crippen LogP contribution in [0.25, 0.3) is 32.7 Å². The van der Waals surface area contributed by atoms with Gasteiger partial charge in [-0.2, -0.15) is 5.26 Å². The first-order valence-electron chi connectivity index (χ1n) is 18.5. The maximum atomic E-state index is 7.32. The van der Waals surface area contributed by atoms with E-state index in [1.165, 1.54) is 6.92 Å². The van der Waals surface area contributed by atoms with E-state index in [1.807, 2.05) is 48.5 Å². The minimum absolute atomic E-state index is 0.790. The fourth-order valence-electron chi connectivity index (χ4n) is 7.20. The second-order valence-corrected chi connectivity index (χ2v) is 13.0. The summed E-state index contributed by atoms with van der Waals surface area (Å²) in [6, 6.07) is 60.8. The van der Waals surface area contributed by atoms with E-state index < -0.39 is 0 Å². The Hall–Kier alpha value is -7.43. The normalized spacial score (nSPS) is 10.5. The predicted octanol–water partition coefficient (Wildman–Crippen LogP) is 13.2. The molecule has 0 aliphatic rings. The van der Waals surface area contributed by atoms with E-state index in [4.69, 9.17) is 24.2 Å². The van der Waals surface area contributed by atoms with Gasteiger partial charge in [-0.05, 0) is 131 Å². The lowest BCUT2D eigenvalue weighted by Crippen LogP contribution is -2.14. The molecule has 7 nitrogen and oxygen atoms in total. The van der Waals surface area contributed by atoms with Gasteiger partial charge in [0.25, 0.3) is 0 Å². The van der Waals surface area contributed by atoms with E-state index >= 15 is 0 Å². The van der Waals surface area contributed by atoms with Gasteiger partial charge in [-0.1, -0.05) is 60.7 Å². The molecule has 0 atom stereocenters. The molecule has 0 amide bonds. The molecule has 57 heavy (non-hydrogen) atoms. The average Bonchev–Trinajstić information content (AvgIpc) is 3.27. The van der Waals surface area contributed by atoms with Crippen molar-refractivity contribution in [2.75, 3.05) is 38.2 Å². The number of ether oxygens (including phenoxy) is 4. The van der Waals surface area contributed by atoms with E-state index in [2.05, 4.69) is 131 Å². The molecule has 0 heterocycles. The van der Waals surface area contributed by atoms with Crippen LogP contribution in [-0.4, -0.2) is 28.4 Å². The van der Waals surface area contributed by atoms with Gasteiger partial charge in [-0.25, -0.2) is 0 Å². The first-order valence-corrected chi connectivity index (χ1v) is 18.5. The number of benzene rings is 8. The first-order chi connectivity index (χ1) is 28.0. The SMILES string of the molecule is CC#N.COc1ccc(N(c2ccc(OC)cc2)c2ccc3ccccc3c2-c2c(N(c3ccc(OC)cc3)c3ccc(OC)cc3)ccc3ccccc23)cc1. The van der Waals surface area contributed by atoms with Gasteiger partial charge in [0.2, 0.25) is 0 Å². The lowest BCUT2D eigenvalue weighted by atomic mass is 9.89. The molecule has 0 aromatic heterocycles. The smallest absolute Gasteiger partial charge is 0.119 e. The molecule has 0 unspecified atom stereocenters. The zero-order chi connectivity index (χ0) is 39.7. The standard InChI is InChI=1S/C48H40N2O4.C2H3N/c1-51-39-23-15-35(16-24-39)49(36-17-25-40(52-2)26-18-36)45-31-13-33-9-5-7-11-43(33)47(45)48-44-12-8-6-10-34(44)14-32-46(48)50(37-19-27-41(53-3)28-20-37)38-21-29-42(54-4)30-22-38;1-2-3/h5-32H,1-4H3;1H3. The molecule has 8 rings (SSSR count). The predicted molar refractivity (Wildman–Crippen MR) is 234 cm³/mol. The van der Waals surface area contributed by atoms with Gasteiger partial charge >= 0.3 is 0 Å². The summed E-state index contributed by atoms with van der Waals surface area (Å²) in [5.74, 6) is 3.16. The number of nitriles is 1. The van der Waals surface area contributed by atoms with Gasteiger partial charge in [0.15, 0.2) is 0 Å². The van der Waals surface area contributed by atoms with Crippen molar-refractivity contribution in [2.24, 2.45) is 0 Å². The quantitative estimate of drug-likeness (QED) is 0.130. The second-order valence-electron chi connectivity index (χ2n) is 13.0. The molecule has 0 N–H and O–H groups in total. The summed E-state index contributed by atoms with van der Waals surface area (Å²) in [7, 11) is 6.77. The van der Waals surface area contributed by atoms with Gasteiger partial charge in [-0.15, -0.1) is 0 Å². The Labute approximate surface area is 334 Å². The van der Waals surface area contributed by atoms with E-state index in [1.54, 1.807) is 34.5 Å². The summed E-state index contributed by atoms with van der Waals surface area (Å²) in [6.45, 7) is 1.43. The number of hydrogen-bond acceptors (Lipinski definition) is 7. The van der Waals surface area contributed by atoms with E-state index in [9.17, 15) is 0 Å². The molecule has 0 spiro atoms. The molecule has 0 bridgehead atoms. The van der Waals surface area contributed by atoms with E-state index in [-0.39, 0.29) is 0 Å². The summed E-state index contributed by atoms with van der Waals surface area (Å²) < 4.78 is 22.4. The van der Waals surface area contributed by atoms with Crippen molar-refractivity contribution in [1.29, 1.82) is 5.26 Å². The number of fused-ring (bicyclic) bond motifs is 2. The Morgan fingerprint density at radius 1 is 0.368 bits per heavy atom. The minimum atomic E-state index is 0.790. The Balaban J connectivity index is 0.00000160. The molecule has 0 saturated heterocycles. The lowest BCUT2D eigenvalue weighted by molar-refractivity contribution is 0.414. The monoisotopic (exact) mass is 749 g/mol. The molecule has 0 aliphatic carbocycles. The molecule has 0 fully saturated rings. The van der Waals surface area contributed by atoms with Crippen LogP contribution in [0.3, 0.4) is 0 Å². The maximum absolute atomic E-state index is 7.32. The van der Waals surface area contributed by atoms with Gasteiger partial charge in [-0.3, -0.25) is 0 Å². The van der Waals surface area contributed by atoms with Crippen molar-refractivity contribution >= 4 is 55.7 Å². The van der Waals surface area contributed by atoms with Crippen molar-refractivity contribution < 1.29 is 18.9 Å². The van der Waals surface area contributed by atoms with Crippen molar-refractivity contribution in [3.63, 3.8) is 0 Å². The van der Waals surface area contributed by atoms with Crippen molar-refractivity contribution in [2.45, 2.75) is 6.92 Å². The fraction of sp³-hybridized carbons (Fsp3) is 0.100. The molecule has 0 radical (unpaired) electrons. The number of hydrogen-bond donors (Lipinski definition) is 0. The highest BCUT2D eigenvalue weighted by molar-refractivity contribution is 6.16. The highest BCUT2D eigenvalue weighted by Gasteiger charge is 2.26. The number of anilines is 6. The minimum Gasteiger partial charge on any atom is -0.497 e. The van der Waals surface area contributed by atoms with Gasteiger partial charge in [0.05, 0.1) is 45.9 Å². The zero-order valence-electron chi connectivity index (χ0n) is 32.6. The number of nitrogens with zero attached hydrogens (tertiary/aromatic N) is 3. The van der Waals surface area contributed by atoms with Gasteiger partial charge < -0.3 is 28.7 Å². The summed E-state index contributed by atoms with van der Waals surface area (Å²) >= 11 is 0. The van der Waals surface area contributed by atoms with Crippen molar-refractivity contribution in [1.82, 2.24) is 0 Å². The average molecular weight is 750 g/mol. The second kappa shape index (κ2) is 17.4. The van der Waals surface area contributed by atoms with Crippen LogP contribution in [0.15, 0.2) is 170 Å². The van der Waals surface area contributed by atoms with E-state index in [0.717, 1.165) is 89.8 Å². The Bertz CT molecular complexity index is 2360. The van der Waals surface area contributed by atoms with Crippen LogP contribution in [0.5, 0.6) is 23.0 Å². The van der Waals surface area contributed by atoms with Crippen LogP contribution in [0.2, 0.25) is 0 Å². The third-order valence-electron chi connectivity index (χ3n) is 9.87. The topological polar surface area (TPSA) is 67.2 Å². The highest BCUT2D eigenvalue weighted by atomic mass is 16.5. The third kappa shape index (κ3) is 7.75. The van der Waals surface area contributed by atoms with E-state index in [0.29, 0.717) is 0 Å². The largest absolute Gasteiger partial charge is 0.497 e. The highest BCUT2D eigenvalue weighted by Crippen LogP contribution is 2.52. The maximum Gasteiger partial charge on any atom is 0.119 e. The molecule has 7 heteroatoms. The zero-order valence-corrected chi connectivity index (χ0v) is 32.6. The van der Waals surface area contributed by atoms with Gasteiger partial charge in [0, 0.05) is 40.8 Å². The third-order valence-corrected chi connectivity index (χ3v) is 9.87. The summed E-state index contributed by atoms with van der Waals surface area (Å²) in [6.07, 6.45) is 0. The van der Waals surface area contributed by atoms with Crippen LogP contribution in [-0.2, 0) is 0 Å². The van der Waals surface area contributed by atoms with Crippen molar-refractivity contribution in [3.05, 3.63) is 170 Å². The van der Waals surface area contributed by atoms with Crippen LogP contribution in [0, 0.1) is 11.3 Å². The van der Waals surface area contributed by atoms with Crippen LogP contribution in [0.4, 0.5) is 34.1 Å². The lowest BCUT2D eigenvalue weighted by Gasteiger charge is -2.32. The molecule has 8 aromatic rings. The summed E-state index contributed by atoms with van der Waals surface area (Å²) in [4.78, 5) is 4.63. The number of rotatable bonds is 11. The van der Waals surface area contributed by atoms with Crippen LogP contribution in [0.1, 0.15) is 6.92 Å². The van der Waals surface area contributed by atoms with Gasteiger partial charge in [0.1, 0.15) is 23.0 Å². The van der Waals surface area contributed by atoms with Crippen molar-refractivity contribution in [3.8, 4) is 40.2 Å². The molecule has 282 valence electrons. The molecular formula is C50H43N3O4. The number of methoxy groups -OCH3 is 4. The molecule has 0 saturated carbocycles. The fourth-order valence-corrected chi connectivity index (χ4v) is 7.20. The molecular weight excluding hydrogens is 707 g/mol. The molecule has 0 aliphatic heterocycles.